The predicted octanol–water partition coefficient (Wildman–Crippen LogP) is -1.61. The van der Waals surface area contributed by atoms with Gasteiger partial charge in [0.1, 0.15) is 11.8 Å². The summed E-state index contributed by atoms with van der Waals surface area (Å²) in [6.07, 6.45) is 0.106. The van der Waals surface area contributed by atoms with Crippen molar-refractivity contribution in [3.63, 3.8) is 0 Å². The van der Waals surface area contributed by atoms with Crippen molar-refractivity contribution >= 4 is 17.7 Å². The molecule has 1 rings (SSSR count). The second-order valence-corrected chi connectivity index (χ2v) is 3.66. The first-order valence-electron chi connectivity index (χ1n) is 5.07. The van der Waals surface area contributed by atoms with E-state index in [0.29, 0.717) is 5.56 Å². The predicted molar refractivity (Wildman–Crippen MR) is 62.1 cm³/mol. The zero-order valence-corrected chi connectivity index (χ0v) is 9.42. The van der Waals surface area contributed by atoms with Crippen LogP contribution in [0.2, 0.25) is 0 Å². The topological polar surface area (TPSA) is 136 Å². The van der Waals surface area contributed by atoms with E-state index in [-0.39, 0.29) is 12.2 Å². The van der Waals surface area contributed by atoms with Gasteiger partial charge in [0.05, 0.1) is 0 Å². The number of hydrogen-bond acceptors (Lipinski definition) is 4. The maximum atomic E-state index is 11.1. The van der Waals surface area contributed by atoms with Crippen LogP contribution in [0.5, 0.6) is 5.75 Å². The fraction of sp³-hybridized carbons (Fsp3) is 0.182. The molecule has 1 unspecified atom stereocenters. The average molecular weight is 251 g/mol. The molecule has 0 aliphatic rings. The second kappa shape index (κ2) is 5.67. The smallest absolute Gasteiger partial charge is 0.309 e. The molecule has 0 spiro atoms. The van der Waals surface area contributed by atoms with E-state index in [2.05, 4.69) is 5.32 Å². The minimum Gasteiger partial charge on any atom is -0.508 e. The number of phenols is 1. The molecule has 0 aliphatic carbocycles. The number of rotatable bonds is 4. The van der Waals surface area contributed by atoms with E-state index in [4.69, 9.17) is 16.6 Å². The number of phenolic OH excluding ortho intramolecular Hbond substituents is 1. The van der Waals surface area contributed by atoms with Gasteiger partial charge in [0.2, 0.25) is 5.91 Å². The molecule has 0 fully saturated rings. The first-order chi connectivity index (χ1) is 8.40. The van der Waals surface area contributed by atoms with Crippen LogP contribution in [0.15, 0.2) is 24.3 Å². The van der Waals surface area contributed by atoms with Gasteiger partial charge in [-0.15, -0.1) is 0 Å². The number of carbonyl (C=O) groups excluding carboxylic acids is 3. The first kappa shape index (κ1) is 13.5. The molecule has 1 atom stereocenters. The number of carbonyl (C=O) groups is 3. The lowest BCUT2D eigenvalue weighted by Gasteiger charge is -2.14. The van der Waals surface area contributed by atoms with Crippen molar-refractivity contribution in [3.05, 3.63) is 29.8 Å². The van der Waals surface area contributed by atoms with Crippen LogP contribution >= 0.6 is 0 Å². The van der Waals surface area contributed by atoms with Gasteiger partial charge in [0.15, 0.2) is 0 Å². The summed E-state index contributed by atoms with van der Waals surface area (Å²) in [5.41, 5.74) is 10.5. The van der Waals surface area contributed by atoms with E-state index in [0.717, 1.165) is 0 Å². The molecular weight excluding hydrogens is 238 g/mol. The number of benzene rings is 1. The highest BCUT2D eigenvalue weighted by Crippen LogP contribution is 2.11. The highest BCUT2D eigenvalue weighted by molar-refractivity contribution is 6.34. The van der Waals surface area contributed by atoms with Gasteiger partial charge in [-0.25, -0.2) is 0 Å². The normalized spacial score (nSPS) is 11.6. The molecule has 3 amide bonds. The Hall–Kier alpha value is -2.57. The molecule has 0 saturated carbocycles. The van der Waals surface area contributed by atoms with Gasteiger partial charge in [-0.05, 0) is 17.7 Å². The van der Waals surface area contributed by atoms with E-state index in [9.17, 15) is 14.4 Å². The van der Waals surface area contributed by atoms with Gasteiger partial charge in [-0.2, -0.15) is 0 Å². The Labute approximate surface area is 103 Å². The zero-order valence-electron chi connectivity index (χ0n) is 9.42. The van der Waals surface area contributed by atoms with Crippen molar-refractivity contribution in [2.24, 2.45) is 11.5 Å². The molecule has 0 bridgehead atoms. The molecule has 1 aromatic carbocycles. The summed E-state index contributed by atoms with van der Waals surface area (Å²) in [6, 6.07) is 4.98. The molecule has 0 radical (unpaired) electrons. The number of amides is 3. The molecule has 96 valence electrons. The lowest BCUT2D eigenvalue weighted by molar-refractivity contribution is -0.138. The van der Waals surface area contributed by atoms with Crippen molar-refractivity contribution in [2.75, 3.05) is 0 Å². The monoisotopic (exact) mass is 251 g/mol. The summed E-state index contributed by atoms with van der Waals surface area (Å²) < 4.78 is 0. The Bertz CT molecular complexity index is 470. The van der Waals surface area contributed by atoms with Crippen LogP contribution in [0.3, 0.4) is 0 Å². The van der Waals surface area contributed by atoms with Crippen LogP contribution in [-0.2, 0) is 20.8 Å². The van der Waals surface area contributed by atoms with Crippen LogP contribution in [0.25, 0.3) is 0 Å². The van der Waals surface area contributed by atoms with Gasteiger partial charge in [-0.1, -0.05) is 12.1 Å². The number of aromatic hydroxyl groups is 1. The van der Waals surface area contributed by atoms with E-state index in [1.807, 2.05) is 0 Å². The van der Waals surface area contributed by atoms with Crippen LogP contribution < -0.4 is 16.8 Å². The molecule has 6 N–H and O–H groups in total. The van der Waals surface area contributed by atoms with Gasteiger partial charge < -0.3 is 21.9 Å². The van der Waals surface area contributed by atoms with Crippen LogP contribution in [-0.4, -0.2) is 28.9 Å². The quantitative estimate of drug-likeness (QED) is 0.478. The van der Waals surface area contributed by atoms with Gasteiger partial charge in [0.25, 0.3) is 0 Å². The van der Waals surface area contributed by atoms with Crippen LogP contribution in [0.1, 0.15) is 5.56 Å². The molecule has 0 heterocycles. The van der Waals surface area contributed by atoms with Crippen molar-refractivity contribution in [2.45, 2.75) is 12.5 Å². The summed E-state index contributed by atoms with van der Waals surface area (Å²) in [5.74, 6) is -2.96. The number of hydrogen-bond donors (Lipinski definition) is 4. The first-order valence-corrected chi connectivity index (χ1v) is 5.07. The molecule has 7 nitrogen and oxygen atoms in total. The molecule has 0 aromatic heterocycles. The van der Waals surface area contributed by atoms with Gasteiger partial charge in [-0.3, -0.25) is 14.4 Å². The Kier molecular flexibility index (Phi) is 4.25. The standard InChI is InChI=1S/C11H13N3O4/c12-9(16)8(14-11(18)10(13)17)5-6-1-3-7(15)4-2-6/h1-4,8,15H,5H2,(H2,12,16)(H2,13,17)(H,14,18). The second-order valence-electron chi connectivity index (χ2n) is 3.66. The Morgan fingerprint density at radius 1 is 1.17 bits per heavy atom. The van der Waals surface area contributed by atoms with E-state index < -0.39 is 23.8 Å². The molecule has 0 aliphatic heterocycles. The molecular formula is C11H13N3O4. The molecule has 0 saturated heterocycles. The lowest BCUT2D eigenvalue weighted by atomic mass is 10.1. The summed E-state index contributed by atoms with van der Waals surface area (Å²) in [7, 11) is 0. The molecule has 18 heavy (non-hydrogen) atoms. The maximum Gasteiger partial charge on any atom is 0.309 e. The Balaban J connectivity index is 2.75. The largest absolute Gasteiger partial charge is 0.508 e. The Morgan fingerprint density at radius 3 is 2.17 bits per heavy atom. The fourth-order valence-electron chi connectivity index (χ4n) is 1.32. The SMILES string of the molecule is NC(=O)C(=O)NC(Cc1ccc(O)cc1)C(N)=O. The third kappa shape index (κ3) is 3.78. The number of nitrogens with two attached hydrogens (primary N) is 2. The third-order valence-corrected chi connectivity index (χ3v) is 2.25. The van der Waals surface area contributed by atoms with E-state index in [1.165, 1.54) is 12.1 Å². The third-order valence-electron chi connectivity index (χ3n) is 2.25. The maximum absolute atomic E-state index is 11.1. The highest BCUT2D eigenvalue weighted by atomic mass is 16.3. The average Bonchev–Trinajstić information content (AvgIpc) is 2.30. The van der Waals surface area contributed by atoms with Crippen molar-refractivity contribution in [3.8, 4) is 5.75 Å². The lowest BCUT2D eigenvalue weighted by Crippen LogP contribution is -2.49. The highest BCUT2D eigenvalue weighted by Gasteiger charge is 2.20. The summed E-state index contributed by atoms with van der Waals surface area (Å²) in [4.78, 5) is 32.8. The van der Waals surface area contributed by atoms with E-state index >= 15 is 0 Å². The van der Waals surface area contributed by atoms with Crippen molar-refractivity contribution < 1.29 is 19.5 Å². The van der Waals surface area contributed by atoms with Gasteiger partial charge >= 0.3 is 11.8 Å². The minimum absolute atomic E-state index is 0.0792. The number of nitrogens with one attached hydrogen (secondary N) is 1. The van der Waals surface area contributed by atoms with E-state index in [1.54, 1.807) is 12.1 Å². The summed E-state index contributed by atoms with van der Waals surface area (Å²) >= 11 is 0. The molecule has 1 aromatic rings. The summed E-state index contributed by atoms with van der Waals surface area (Å²) in [5, 5.41) is 11.2. The Morgan fingerprint density at radius 2 is 1.72 bits per heavy atom. The van der Waals surface area contributed by atoms with Crippen LogP contribution in [0, 0.1) is 0 Å². The molecule has 7 heteroatoms. The zero-order chi connectivity index (χ0) is 13.7. The van der Waals surface area contributed by atoms with Crippen molar-refractivity contribution in [1.29, 1.82) is 0 Å². The van der Waals surface area contributed by atoms with Gasteiger partial charge in [0, 0.05) is 6.42 Å². The summed E-state index contributed by atoms with van der Waals surface area (Å²) in [6.45, 7) is 0. The van der Waals surface area contributed by atoms with Crippen molar-refractivity contribution in [1.82, 2.24) is 5.32 Å². The van der Waals surface area contributed by atoms with Crippen LogP contribution in [0.4, 0.5) is 0 Å². The minimum atomic E-state index is -1.19. The number of primary amides is 2. The fourth-order valence-corrected chi connectivity index (χ4v) is 1.32.